The van der Waals surface area contributed by atoms with Crippen LogP contribution in [0.3, 0.4) is 0 Å². The molecule has 0 aliphatic carbocycles. The number of hydrogen-bond acceptors (Lipinski definition) is 4. The molecule has 120 valence electrons. The van der Waals surface area contributed by atoms with Gasteiger partial charge in [0, 0.05) is 5.69 Å². The van der Waals surface area contributed by atoms with Crippen molar-refractivity contribution in [2.45, 2.75) is 0 Å². The second kappa shape index (κ2) is 7.21. The predicted octanol–water partition coefficient (Wildman–Crippen LogP) is 3.45. The lowest BCUT2D eigenvalue weighted by Crippen LogP contribution is -2.22. The first-order valence-corrected chi connectivity index (χ1v) is 7.17. The molecule has 0 fully saturated rings. The molecule has 0 atom stereocenters. The number of anilines is 2. The van der Waals surface area contributed by atoms with Gasteiger partial charge in [0.15, 0.2) is 0 Å². The summed E-state index contributed by atoms with van der Waals surface area (Å²) < 4.78 is 0. The monoisotopic (exact) mass is 354 g/mol. The van der Waals surface area contributed by atoms with E-state index in [-0.39, 0.29) is 23.5 Å². The third-order valence-electron chi connectivity index (χ3n) is 2.88. The highest BCUT2D eigenvalue weighted by Gasteiger charge is 2.13. The Morgan fingerprint density at radius 1 is 1.04 bits per heavy atom. The summed E-state index contributed by atoms with van der Waals surface area (Å²) in [5.74, 6) is -1.91. The van der Waals surface area contributed by atoms with Crippen LogP contribution in [0.1, 0.15) is 10.4 Å². The van der Waals surface area contributed by atoms with Gasteiger partial charge >= 0.3 is 5.97 Å². The number of carboxylic acids is 1. The molecule has 0 saturated carbocycles. The van der Waals surface area contributed by atoms with Crippen LogP contribution in [0.25, 0.3) is 0 Å². The van der Waals surface area contributed by atoms with Crippen molar-refractivity contribution in [2.24, 2.45) is 0 Å². The Balaban J connectivity index is 2.02. The van der Waals surface area contributed by atoms with Gasteiger partial charge in [-0.3, -0.25) is 4.79 Å². The van der Waals surface area contributed by atoms with E-state index in [1.807, 2.05) is 0 Å². The fraction of sp³-hybridized carbons (Fsp3) is 0.0667. The van der Waals surface area contributed by atoms with Crippen molar-refractivity contribution in [3.05, 3.63) is 52.0 Å². The van der Waals surface area contributed by atoms with Gasteiger partial charge in [-0.1, -0.05) is 23.2 Å². The number of carbonyl (C=O) groups excluding carboxylic acids is 1. The summed E-state index contributed by atoms with van der Waals surface area (Å²) in [6.45, 7) is -0.0993. The van der Waals surface area contributed by atoms with Gasteiger partial charge < -0.3 is 20.8 Å². The number of nitrogens with one attached hydrogen (secondary N) is 2. The molecule has 2 rings (SSSR count). The Bertz CT molecular complexity index is 765. The summed E-state index contributed by atoms with van der Waals surface area (Å²) in [4.78, 5) is 23.0. The van der Waals surface area contributed by atoms with Gasteiger partial charge in [-0.2, -0.15) is 0 Å². The first kappa shape index (κ1) is 16.9. The van der Waals surface area contributed by atoms with E-state index in [9.17, 15) is 14.7 Å². The molecule has 0 spiro atoms. The van der Waals surface area contributed by atoms with E-state index in [2.05, 4.69) is 10.6 Å². The normalized spacial score (nSPS) is 10.2. The molecule has 0 heterocycles. The van der Waals surface area contributed by atoms with Crippen molar-refractivity contribution in [2.75, 3.05) is 17.2 Å². The first-order valence-electron chi connectivity index (χ1n) is 6.42. The molecule has 0 radical (unpaired) electrons. The molecule has 0 aromatic heterocycles. The molecule has 0 aliphatic rings. The van der Waals surface area contributed by atoms with E-state index >= 15 is 0 Å². The maximum Gasteiger partial charge on any atom is 0.337 e. The highest BCUT2D eigenvalue weighted by molar-refractivity contribution is 6.42. The summed E-state index contributed by atoms with van der Waals surface area (Å²) in [6.07, 6.45) is 0. The zero-order valence-corrected chi connectivity index (χ0v) is 13.1. The number of aromatic hydroxyl groups is 1. The molecule has 4 N–H and O–H groups in total. The van der Waals surface area contributed by atoms with Crippen molar-refractivity contribution in [3.8, 4) is 5.75 Å². The third kappa shape index (κ3) is 4.51. The van der Waals surface area contributed by atoms with Crippen LogP contribution < -0.4 is 10.6 Å². The van der Waals surface area contributed by atoms with E-state index in [4.69, 9.17) is 28.3 Å². The number of rotatable bonds is 5. The van der Waals surface area contributed by atoms with Crippen LogP contribution in [0.4, 0.5) is 11.4 Å². The van der Waals surface area contributed by atoms with E-state index in [1.54, 1.807) is 18.2 Å². The Morgan fingerprint density at radius 2 is 1.78 bits per heavy atom. The summed E-state index contributed by atoms with van der Waals surface area (Å²) >= 11 is 11.7. The van der Waals surface area contributed by atoms with Gasteiger partial charge in [0.2, 0.25) is 5.91 Å². The number of halogens is 2. The number of phenols is 1. The summed E-state index contributed by atoms with van der Waals surface area (Å²) in [5.41, 5.74) is 0.489. The maximum absolute atomic E-state index is 11.9. The minimum absolute atomic E-state index is 0.0937. The highest BCUT2D eigenvalue weighted by Crippen LogP contribution is 2.25. The second-order valence-corrected chi connectivity index (χ2v) is 5.38. The number of hydrogen-bond donors (Lipinski definition) is 4. The topological polar surface area (TPSA) is 98.7 Å². The van der Waals surface area contributed by atoms with Crippen LogP contribution in [0.2, 0.25) is 10.0 Å². The van der Waals surface area contributed by atoms with Crippen LogP contribution in [0.15, 0.2) is 36.4 Å². The SMILES string of the molecule is O=C(CNc1ccc(Cl)c(Cl)c1)Nc1ccc(O)cc1C(=O)O. The molecular weight excluding hydrogens is 343 g/mol. The molecule has 23 heavy (non-hydrogen) atoms. The molecule has 0 unspecified atom stereocenters. The molecule has 8 heteroatoms. The largest absolute Gasteiger partial charge is 0.508 e. The van der Waals surface area contributed by atoms with E-state index < -0.39 is 11.9 Å². The number of carboxylic acid groups (broad SMARTS) is 1. The highest BCUT2D eigenvalue weighted by atomic mass is 35.5. The summed E-state index contributed by atoms with van der Waals surface area (Å²) in [5, 5.41) is 24.4. The average Bonchev–Trinajstić information content (AvgIpc) is 2.50. The average molecular weight is 355 g/mol. The van der Waals surface area contributed by atoms with Gasteiger partial charge in [-0.25, -0.2) is 4.79 Å². The lowest BCUT2D eigenvalue weighted by atomic mass is 10.1. The van der Waals surface area contributed by atoms with Crippen LogP contribution in [-0.4, -0.2) is 28.6 Å². The number of carbonyl (C=O) groups is 2. The van der Waals surface area contributed by atoms with Crippen LogP contribution >= 0.6 is 23.2 Å². The number of amides is 1. The Kier molecular flexibility index (Phi) is 5.31. The Morgan fingerprint density at radius 3 is 2.43 bits per heavy atom. The van der Waals surface area contributed by atoms with Crippen molar-refractivity contribution in [1.82, 2.24) is 0 Å². The number of benzene rings is 2. The fourth-order valence-corrected chi connectivity index (χ4v) is 2.10. The lowest BCUT2D eigenvalue weighted by molar-refractivity contribution is -0.114. The van der Waals surface area contributed by atoms with Crippen LogP contribution in [0.5, 0.6) is 5.75 Å². The maximum atomic E-state index is 11.9. The standard InChI is InChI=1S/C15H12Cl2N2O4/c16-11-3-1-8(5-12(11)17)18-7-14(21)19-13-4-2-9(20)6-10(13)15(22)23/h1-6,18,20H,7H2,(H,19,21)(H,22,23). The second-order valence-electron chi connectivity index (χ2n) is 4.57. The molecule has 2 aromatic carbocycles. The van der Waals surface area contributed by atoms with E-state index in [0.29, 0.717) is 15.7 Å². The van der Waals surface area contributed by atoms with Crippen molar-refractivity contribution in [1.29, 1.82) is 0 Å². The van der Waals surface area contributed by atoms with Crippen molar-refractivity contribution < 1.29 is 19.8 Å². The van der Waals surface area contributed by atoms with Gasteiger partial charge in [0.25, 0.3) is 0 Å². The first-order chi connectivity index (χ1) is 10.9. The predicted molar refractivity (Wildman–Crippen MR) is 88.6 cm³/mol. The van der Waals surface area contributed by atoms with Crippen LogP contribution in [-0.2, 0) is 4.79 Å². The van der Waals surface area contributed by atoms with E-state index in [0.717, 1.165) is 6.07 Å². The molecule has 6 nitrogen and oxygen atoms in total. The lowest BCUT2D eigenvalue weighted by Gasteiger charge is -2.10. The van der Waals surface area contributed by atoms with Crippen molar-refractivity contribution >= 4 is 46.5 Å². The van der Waals surface area contributed by atoms with Gasteiger partial charge in [0.05, 0.1) is 27.8 Å². The van der Waals surface area contributed by atoms with Gasteiger partial charge in [0.1, 0.15) is 5.75 Å². The minimum Gasteiger partial charge on any atom is -0.508 e. The van der Waals surface area contributed by atoms with Gasteiger partial charge in [-0.05, 0) is 36.4 Å². The zero-order chi connectivity index (χ0) is 17.0. The van der Waals surface area contributed by atoms with Gasteiger partial charge in [-0.15, -0.1) is 0 Å². The molecule has 0 bridgehead atoms. The third-order valence-corrected chi connectivity index (χ3v) is 3.62. The Labute approximate surface area is 141 Å². The van der Waals surface area contributed by atoms with Crippen molar-refractivity contribution in [3.63, 3.8) is 0 Å². The quantitative estimate of drug-likeness (QED) is 0.616. The minimum atomic E-state index is -1.26. The molecule has 1 amide bonds. The smallest absolute Gasteiger partial charge is 0.337 e. The van der Waals surface area contributed by atoms with Crippen LogP contribution in [0, 0.1) is 0 Å². The number of aromatic carboxylic acids is 1. The molecule has 0 aliphatic heterocycles. The molecule has 2 aromatic rings. The Hall–Kier alpha value is -2.44. The zero-order valence-electron chi connectivity index (χ0n) is 11.6. The molecule has 0 saturated heterocycles. The fourth-order valence-electron chi connectivity index (χ4n) is 1.80. The molecular formula is C15H12Cl2N2O4. The van der Waals surface area contributed by atoms with E-state index in [1.165, 1.54) is 12.1 Å². The number of phenolic OH excluding ortho intramolecular Hbond substituents is 1. The summed E-state index contributed by atoms with van der Waals surface area (Å²) in [7, 11) is 0. The summed E-state index contributed by atoms with van der Waals surface area (Å²) in [6, 6.07) is 8.48.